The Morgan fingerprint density at radius 1 is 0.909 bits per heavy atom. The fourth-order valence-electron chi connectivity index (χ4n) is 0.306. The maximum Gasteiger partial charge on any atom is 0.0670 e. The second-order valence-corrected chi connectivity index (χ2v) is 3.96. The van der Waals surface area contributed by atoms with Crippen molar-refractivity contribution >= 4 is 37.2 Å². The van der Waals surface area contributed by atoms with Gasteiger partial charge in [0.15, 0.2) is 0 Å². The van der Waals surface area contributed by atoms with Crippen LogP contribution >= 0.6 is 37.2 Å². The van der Waals surface area contributed by atoms with Crippen LogP contribution in [0.2, 0.25) is 0 Å². The van der Waals surface area contributed by atoms with E-state index in [4.69, 9.17) is 4.74 Å². The van der Waals surface area contributed by atoms with E-state index >= 15 is 0 Å². The molecule has 0 bridgehead atoms. The molecule has 0 aliphatic carbocycles. The zero-order valence-electron chi connectivity index (χ0n) is 8.16. The highest BCUT2D eigenvalue weighted by Crippen LogP contribution is 2.31. The van der Waals surface area contributed by atoms with Gasteiger partial charge in [-0.05, 0) is 19.3 Å². The second kappa shape index (κ2) is 5.96. The van der Waals surface area contributed by atoms with Crippen molar-refractivity contribution in [2.75, 3.05) is 7.11 Å². The fourth-order valence-corrected chi connectivity index (χ4v) is 0.306. The molecule has 0 atom stereocenters. The first-order valence-corrected chi connectivity index (χ1v) is 9.79. The van der Waals surface area contributed by atoms with E-state index in [0.717, 1.165) is 0 Å². The average molecular weight is 384 g/mol. The minimum atomic E-state index is -0.0208. The lowest BCUT2D eigenvalue weighted by Gasteiger charge is -2.37. The zero-order chi connectivity index (χ0) is 9.71. The molecule has 1 nitrogen and oxygen atoms in total. The number of hydrogen-bond acceptors (Lipinski definition) is 1. The highest BCUT2D eigenvalue weighted by Gasteiger charge is 2.32. The van der Waals surface area contributed by atoms with Gasteiger partial charge in [0.25, 0.3) is 0 Å². The lowest BCUT2D eigenvalue weighted by molar-refractivity contribution is -0.0620. The predicted molar refractivity (Wildman–Crippen MR) is 68.6 cm³/mol. The van der Waals surface area contributed by atoms with E-state index in [2.05, 4.69) is 71.9 Å². The largest absolute Gasteiger partial charge is 0.378 e. The summed E-state index contributed by atoms with van der Waals surface area (Å²) in [7, 11) is 1.76. The number of rotatable bonds is 1. The van der Waals surface area contributed by atoms with Crippen molar-refractivity contribution in [3.05, 3.63) is 0 Å². The molecule has 0 aliphatic rings. The van der Waals surface area contributed by atoms with E-state index in [0.29, 0.717) is 0 Å². The van der Waals surface area contributed by atoms with Gasteiger partial charge in [0, 0.05) is 44.3 Å². The van der Waals surface area contributed by atoms with Crippen LogP contribution in [0.3, 0.4) is 0 Å². The standard InChI is InChI=1S/C8H18O.I2/c1-7(2,3)8(4,5)9-6;1-2/h1-6H3;. The molecule has 0 saturated carbocycles. The molecule has 0 N–H and O–H groups in total. The van der Waals surface area contributed by atoms with Crippen molar-refractivity contribution in [1.29, 1.82) is 0 Å². The van der Waals surface area contributed by atoms with Crippen LogP contribution in [0.1, 0.15) is 34.6 Å². The molecule has 0 rings (SSSR count). The van der Waals surface area contributed by atoms with Crippen molar-refractivity contribution in [2.24, 2.45) is 5.41 Å². The van der Waals surface area contributed by atoms with Crippen LogP contribution in [-0.2, 0) is 4.74 Å². The maximum atomic E-state index is 5.30. The summed E-state index contributed by atoms with van der Waals surface area (Å²) in [5, 5.41) is 0. The van der Waals surface area contributed by atoms with E-state index in [-0.39, 0.29) is 11.0 Å². The van der Waals surface area contributed by atoms with E-state index < -0.39 is 0 Å². The summed E-state index contributed by atoms with van der Waals surface area (Å²) < 4.78 is 5.30. The first-order valence-electron chi connectivity index (χ1n) is 3.51. The molecule has 0 aliphatic heterocycles. The van der Waals surface area contributed by atoms with Gasteiger partial charge in [-0.15, -0.1) is 0 Å². The number of halogens is 2. The average Bonchev–Trinajstić information content (AvgIpc) is 1.90. The Kier molecular flexibility index (Phi) is 8.09. The molecule has 0 fully saturated rings. The molecule has 0 heterocycles. The van der Waals surface area contributed by atoms with Gasteiger partial charge in [-0.1, -0.05) is 20.8 Å². The summed E-state index contributed by atoms with van der Waals surface area (Å²) in [6.45, 7) is 10.7. The van der Waals surface area contributed by atoms with Crippen molar-refractivity contribution in [2.45, 2.75) is 40.2 Å². The molecule has 0 unspecified atom stereocenters. The van der Waals surface area contributed by atoms with Crippen molar-refractivity contribution < 1.29 is 4.74 Å². The number of methoxy groups -OCH3 is 1. The highest BCUT2D eigenvalue weighted by molar-refractivity contribution is 15.0. The van der Waals surface area contributed by atoms with Gasteiger partial charge in [-0.3, -0.25) is 0 Å². The maximum absolute atomic E-state index is 5.30. The SMILES string of the molecule is COC(C)(C)C(C)(C)C.II. The lowest BCUT2D eigenvalue weighted by Crippen LogP contribution is -2.38. The monoisotopic (exact) mass is 384 g/mol. The summed E-state index contributed by atoms with van der Waals surface area (Å²) in [6, 6.07) is 0. The topological polar surface area (TPSA) is 9.23 Å². The molecular formula is C8H18I2O. The second-order valence-electron chi connectivity index (χ2n) is 3.96. The van der Waals surface area contributed by atoms with Gasteiger partial charge < -0.3 is 4.74 Å². The van der Waals surface area contributed by atoms with Crippen molar-refractivity contribution in [3.8, 4) is 0 Å². The highest BCUT2D eigenvalue weighted by atomic mass is 128. The Bertz CT molecular complexity index is 94.8. The molecule has 11 heavy (non-hydrogen) atoms. The Hall–Kier alpha value is 1.42. The van der Waals surface area contributed by atoms with Crippen LogP contribution < -0.4 is 0 Å². The molecular weight excluding hydrogens is 366 g/mol. The van der Waals surface area contributed by atoms with Crippen molar-refractivity contribution in [3.63, 3.8) is 0 Å². The summed E-state index contributed by atoms with van der Waals surface area (Å²) >= 11 is 4.24. The van der Waals surface area contributed by atoms with Gasteiger partial charge in [-0.2, -0.15) is 0 Å². The molecule has 0 spiro atoms. The number of hydrogen-bond donors (Lipinski definition) is 0. The van der Waals surface area contributed by atoms with Crippen molar-refractivity contribution in [1.82, 2.24) is 0 Å². The summed E-state index contributed by atoms with van der Waals surface area (Å²) in [6.07, 6.45) is 0. The van der Waals surface area contributed by atoms with Crippen LogP contribution in [0.4, 0.5) is 0 Å². The van der Waals surface area contributed by atoms with E-state index in [9.17, 15) is 0 Å². The molecule has 0 saturated heterocycles. The summed E-state index contributed by atoms with van der Waals surface area (Å²) in [4.78, 5) is 0. The van der Waals surface area contributed by atoms with Crippen LogP contribution in [0.15, 0.2) is 0 Å². The summed E-state index contributed by atoms with van der Waals surface area (Å²) in [5.74, 6) is 0. The van der Waals surface area contributed by atoms with Crippen LogP contribution in [0.5, 0.6) is 0 Å². The Labute approximate surface area is 94.0 Å². The molecule has 0 aromatic heterocycles. The lowest BCUT2D eigenvalue weighted by atomic mass is 9.79. The smallest absolute Gasteiger partial charge is 0.0670 e. The van der Waals surface area contributed by atoms with E-state index in [1.165, 1.54) is 0 Å². The molecule has 0 amide bonds. The van der Waals surface area contributed by atoms with Gasteiger partial charge >= 0.3 is 0 Å². The molecule has 0 radical (unpaired) electrons. The predicted octanol–water partition coefficient (Wildman–Crippen LogP) is 4.23. The molecule has 3 heteroatoms. The van der Waals surface area contributed by atoms with Gasteiger partial charge in [0.1, 0.15) is 0 Å². The summed E-state index contributed by atoms with van der Waals surface area (Å²) in [5.41, 5.74) is 0.203. The third kappa shape index (κ3) is 5.63. The van der Waals surface area contributed by atoms with Gasteiger partial charge in [-0.25, -0.2) is 0 Å². The van der Waals surface area contributed by atoms with Gasteiger partial charge in [0.2, 0.25) is 0 Å². The van der Waals surface area contributed by atoms with E-state index in [1.54, 1.807) is 7.11 Å². The first kappa shape index (κ1) is 14.9. The fraction of sp³-hybridized carbons (Fsp3) is 1.00. The molecule has 0 aromatic rings. The normalized spacial score (nSPS) is 12.0. The Balaban J connectivity index is 0. The van der Waals surface area contributed by atoms with Crippen LogP contribution in [0.25, 0.3) is 0 Å². The Morgan fingerprint density at radius 3 is 1.18 bits per heavy atom. The minimum Gasteiger partial charge on any atom is -0.378 e. The van der Waals surface area contributed by atoms with Crippen LogP contribution in [-0.4, -0.2) is 12.7 Å². The third-order valence-electron chi connectivity index (χ3n) is 2.32. The zero-order valence-corrected chi connectivity index (χ0v) is 12.5. The number of ether oxygens (including phenoxy) is 1. The third-order valence-corrected chi connectivity index (χ3v) is 2.32. The molecule has 70 valence electrons. The molecule has 0 aromatic carbocycles. The quantitative estimate of drug-likeness (QED) is 0.615. The first-order chi connectivity index (χ1) is 4.81. The van der Waals surface area contributed by atoms with E-state index in [1.807, 2.05) is 0 Å². The van der Waals surface area contributed by atoms with Crippen LogP contribution in [0, 0.1) is 5.41 Å². The Morgan fingerprint density at radius 2 is 1.18 bits per heavy atom. The van der Waals surface area contributed by atoms with Gasteiger partial charge in [0.05, 0.1) is 5.60 Å². The minimum absolute atomic E-state index is 0.0208.